The Labute approximate surface area is 899 Å². The van der Waals surface area contributed by atoms with E-state index in [1.807, 2.05) is 177 Å². The Balaban J connectivity index is 0.000000117. The summed E-state index contributed by atoms with van der Waals surface area (Å²) in [5, 5.41) is 22.2. The number of carbonyl (C=O) groups excluding carboxylic acids is 1. The van der Waals surface area contributed by atoms with Crippen molar-refractivity contribution in [3.8, 4) is 67.6 Å². The van der Waals surface area contributed by atoms with E-state index in [9.17, 15) is 4.79 Å². The molecule has 147 heavy (non-hydrogen) atoms. The van der Waals surface area contributed by atoms with Crippen molar-refractivity contribution in [1.29, 1.82) is 0 Å². The van der Waals surface area contributed by atoms with Crippen molar-refractivity contribution >= 4 is 88.2 Å². The second-order valence-electron chi connectivity index (χ2n) is 37.0. The Morgan fingerprint density at radius 2 is 1.17 bits per heavy atom. The number of aliphatic hydroxyl groups excluding tert-OH is 1. The number of ether oxygens (including phenoxy) is 1. The van der Waals surface area contributed by atoms with Gasteiger partial charge in [0.1, 0.15) is 49.0 Å². The molecule has 0 spiro atoms. The number of hydrogen-bond acceptors (Lipinski definition) is 12. The number of benzene rings is 14. The molecule has 14 aromatic carbocycles. The summed E-state index contributed by atoms with van der Waals surface area (Å²) in [4.78, 5) is 34.3. The second kappa shape index (κ2) is 46.6. The van der Waals surface area contributed by atoms with Gasteiger partial charge in [0.25, 0.3) is 11.3 Å². The van der Waals surface area contributed by atoms with E-state index in [0.29, 0.717) is 29.8 Å². The van der Waals surface area contributed by atoms with Crippen LogP contribution in [0.15, 0.2) is 442 Å². The number of rotatable bonds is 11. The third kappa shape index (κ3) is 22.1. The van der Waals surface area contributed by atoms with E-state index in [1.165, 1.54) is 136 Å². The summed E-state index contributed by atoms with van der Waals surface area (Å²) in [6, 6.07) is 126. The molecule has 0 fully saturated rings. The number of furan rings is 1. The monoisotopic (exact) mass is 2460 g/mol. The number of aliphatic hydroxyl groups is 1. The Hall–Kier alpha value is -15.7. The number of nitrogens with zero attached hydrogens (tertiary/aromatic N) is 12. The molecule has 7 aliphatic heterocycles. The van der Waals surface area contributed by atoms with E-state index >= 15 is 0 Å². The molecule has 6 aromatic heterocycles. The van der Waals surface area contributed by atoms with Crippen LogP contribution in [0.4, 0.5) is 11.4 Å². The van der Waals surface area contributed by atoms with Gasteiger partial charge in [-0.1, -0.05) is 270 Å². The van der Waals surface area contributed by atoms with Crippen LogP contribution in [0.5, 0.6) is 5.75 Å². The molecule has 3 radical (unpaired) electrons. The molecule has 0 saturated heterocycles. The van der Waals surface area contributed by atoms with Crippen molar-refractivity contribution in [3.05, 3.63) is 507 Å². The first-order chi connectivity index (χ1) is 70.4. The summed E-state index contributed by atoms with van der Waals surface area (Å²) in [5.41, 5.74) is 30.0. The number of allylic oxidation sites excluding steroid dienone is 6. The molecule has 16 nitrogen and oxygen atoms in total. The fourth-order valence-corrected chi connectivity index (χ4v) is 19.5. The first-order valence-electron chi connectivity index (χ1n) is 48.9. The van der Waals surface area contributed by atoms with Crippen LogP contribution in [0.3, 0.4) is 0 Å². The zero-order valence-electron chi connectivity index (χ0n) is 83.0. The number of carbonyl (C=O) groups is 1. The van der Waals surface area contributed by atoms with Gasteiger partial charge in [0.2, 0.25) is 5.52 Å². The Morgan fingerprint density at radius 3 is 1.84 bits per heavy atom. The van der Waals surface area contributed by atoms with Crippen molar-refractivity contribution < 1.29 is 88.6 Å². The van der Waals surface area contributed by atoms with E-state index in [4.69, 9.17) is 24.3 Å². The molecule has 0 saturated carbocycles. The summed E-state index contributed by atoms with van der Waals surface area (Å²) in [6.45, 7) is 24.2. The summed E-state index contributed by atoms with van der Waals surface area (Å²) in [5.74, 6) is 3.62. The number of hydrogen-bond donors (Lipinski definition) is 1. The van der Waals surface area contributed by atoms with Crippen LogP contribution in [-0.2, 0) is 84.6 Å². The number of aromatic nitrogens is 8. The molecule has 0 aliphatic carbocycles. The van der Waals surface area contributed by atoms with Gasteiger partial charge in [-0.05, 0) is 161 Å². The Morgan fingerprint density at radius 1 is 0.537 bits per heavy atom. The van der Waals surface area contributed by atoms with Gasteiger partial charge in [0.15, 0.2) is 11.4 Å². The maximum atomic E-state index is 10.0. The molecule has 1 unspecified atom stereocenters. The molecule has 27 rings (SSSR count). The van der Waals surface area contributed by atoms with Gasteiger partial charge in [-0.3, -0.25) is 14.8 Å². The van der Waals surface area contributed by atoms with Crippen LogP contribution in [-0.4, -0.2) is 63.3 Å². The quantitative estimate of drug-likeness (QED) is 0.0433. The van der Waals surface area contributed by atoms with E-state index < -0.39 is 0 Å². The number of fused-ring (bicyclic) bond motifs is 16. The molecule has 1 N–H and O–H groups in total. The minimum atomic E-state index is -0.125. The fraction of sp³-hybridized carbons (Fsp3) is 0.125. The minimum Gasteiger partial charge on any atom is -0.527 e. The van der Waals surface area contributed by atoms with Crippen LogP contribution in [0, 0.1) is 30.9 Å². The minimum absolute atomic E-state index is 0. The summed E-state index contributed by atoms with van der Waals surface area (Å²) in [6.07, 6.45) is 28.5. The van der Waals surface area contributed by atoms with Crippen molar-refractivity contribution in [2.24, 2.45) is 0 Å². The zero-order chi connectivity index (χ0) is 98.9. The number of imidazole rings is 1. The summed E-state index contributed by atoms with van der Waals surface area (Å²) in [7, 11) is 2.13. The van der Waals surface area contributed by atoms with Crippen LogP contribution in [0.2, 0.25) is 0 Å². The number of ketones is 1. The molecular weight excluding hydrogens is 2350 g/mol. The van der Waals surface area contributed by atoms with Gasteiger partial charge in [0, 0.05) is 170 Å². The van der Waals surface area contributed by atoms with Gasteiger partial charge in [-0.15, -0.1) is 101 Å². The number of para-hydroxylation sites is 4. The normalized spacial score (nSPS) is 13.6. The first kappa shape index (κ1) is 103. The van der Waals surface area contributed by atoms with E-state index in [0.717, 1.165) is 97.9 Å². The standard InChI is InChI=1S/C27H18N.C22H25N2.C18H16N3.C17H14N2O.C15H10NO.C13H10N2.C11H8N.C5H8O2.3Ir/c1-4-10-20(11-5-1)23-16-17-26-25(18-23)24(21-12-6-2-7-13-21)19-27(28-26)22-14-8-3-9-15-22;1-15(2)18-10-7-11-19(16(3)4)21(18)24-13-12-23-14-17-8-5-6-9-20(17)22(23)24;1-11(2)21-19-17-15-8-4-3-7-13(15)14-9-5-6-12-10-20(21)18(17)16(12)14;1-18-8-9-19-15(18)10-11-6-7-13-12-4-2-3-5-14(12)20-17(13)16(11)19;1-11-13(14-7-4-5-9-16-14)10-12-6-2-3-8-15(12)17-11;1-2-6-12(7-3-1)15-10-13-8-4-5-9-14(13)11-15;1-2-6-10(7-3-1)11-8-4-5-9-12-11;1-4(6)3-5(2)7;;;/h1-14,16-19H;5-13,15-16H,14H2,1-4H3;3-9,11H,10H2,1-2H3;2-9,15H,10H2,1H3;2-9H,1H2;1-6,8-11H;1-6,8-9H;3,6H,1-2H3;;;/q-1;2*+1;;-1;-2;-1;;;;. The maximum absolute atomic E-state index is 10.0. The first-order valence-corrected chi connectivity index (χ1v) is 48.9. The predicted octanol–water partition coefficient (Wildman–Crippen LogP) is 28.8. The summed E-state index contributed by atoms with van der Waals surface area (Å²) >= 11 is 0. The average Bonchev–Trinajstić information content (AvgIpc) is 1.55. The molecule has 0 bridgehead atoms. The number of pyridine rings is 3. The zero-order valence-corrected chi connectivity index (χ0v) is 90.2. The van der Waals surface area contributed by atoms with E-state index in [1.54, 1.807) is 12.4 Å². The molecule has 0 amide bonds. The Bertz CT molecular complexity index is 8260. The van der Waals surface area contributed by atoms with Gasteiger partial charge in [0.05, 0.1) is 34.0 Å². The van der Waals surface area contributed by atoms with Crippen molar-refractivity contribution in [1.82, 2.24) is 39.2 Å². The molecule has 13 heterocycles. The van der Waals surface area contributed by atoms with Crippen molar-refractivity contribution in [3.63, 3.8) is 0 Å². The van der Waals surface area contributed by atoms with E-state index in [2.05, 4.69) is 353 Å². The number of anilines is 2. The SMILES string of the molecule is C=C1Oc2ccccc2[C-]=C1c1ccccn1.CC(=O)C=C(C)O.CC(C)c1cccc(C(C)C)c1-n1cc[n+]2c1-c1ccccc1C2.CC(C)n1nc2c3ccccc3c3cccc4c3c2[n+]1C4.CN1C=CN2c3c(ccc4c3oc3ccccc34)CC12.[Ir].[Ir].[Ir].[c-]1ccccc1-c1cc(-c2ccccc2)c2cc(-c3ccccc3)ccc2n1.[c-]1ccccc1-c1ccccn1.[c-]1ccccc1N1C=C2C=CC=CN2[CH-]1. The third-order valence-electron chi connectivity index (χ3n) is 26.2. The molecule has 19 heteroatoms. The van der Waals surface area contributed by atoms with Gasteiger partial charge in [-0.2, -0.15) is 34.9 Å². The second-order valence-corrected chi connectivity index (χ2v) is 37.0. The summed E-state index contributed by atoms with van der Waals surface area (Å²) < 4.78 is 18.9. The average molecular weight is 2460 g/mol. The topological polar surface area (TPSA) is 142 Å². The molecule has 1 atom stereocenters. The molecule has 20 aromatic rings. The van der Waals surface area contributed by atoms with Crippen LogP contribution in [0.25, 0.3) is 133 Å². The van der Waals surface area contributed by atoms with Crippen LogP contribution >= 0.6 is 0 Å². The largest absolute Gasteiger partial charge is 0.527 e. The van der Waals surface area contributed by atoms with Crippen LogP contribution in [0.1, 0.15) is 112 Å². The third-order valence-corrected chi connectivity index (χ3v) is 26.2. The van der Waals surface area contributed by atoms with Gasteiger partial charge >= 0.3 is 0 Å². The fourth-order valence-electron chi connectivity index (χ4n) is 19.5. The maximum Gasteiger partial charge on any atom is 0.294 e. The molecule has 7 aliphatic rings. The molecule has 735 valence electrons. The van der Waals surface area contributed by atoms with Crippen molar-refractivity contribution in [2.45, 2.75) is 98.9 Å². The molecular formula is C128H109Ir3N12O4-3. The van der Waals surface area contributed by atoms with E-state index in [-0.39, 0.29) is 71.9 Å². The van der Waals surface area contributed by atoms with Gasteiger partial charge < -0.3 is 38.8 Å². The Kier molecular flexibility index (Phi) is 32.6. The number of likely N-dealkylation sites (N-methyl/N-ethyl adjacent to an activating group) is 1. The smallest absolute Gasteiger partial charge is 0.294 e. The van der Waals surface area contributed by atoms with Gasteiger partial charge in [-0.25, -0.2) is 4.57 Å². The van der Waals surface area contributed by atoms with Crippen LogP contribution < -0.4 is 23.8 Å². The predicted molar refractivity (Wildman–Crippen MR) is 583 cm³/mol. The van der Waals surface area contributed by atoms with Crippen molar-refractivity contribution in [2.75, 3.05) is 16.8 Å².